The van der Waals surface area contributed by atoms with Crippen molar-refractivity contribution in [3.63, 3.8) is 0 Å². The van der Waals surface area contributed by atoms with Gasteiger partial charge in [0.05, 0.1) is 13.0 Å². The van der Waals surface area contributed by atoms with E-state index < -0.39 is 5.97 Å². The van der Waals surface area contributed by atoms with E-state index in [-0.39, 0.29) is 11.8 Å². The molecule has 1 fully saturated rings. The molecule has 0 bridgehead atoms. The van der Waals surface area contributed by atoms with Gasteiger partial charge in [0.2, 0.25) is 0 Å². The fourth-order valence-electron chi connectivity index (χ4n) is 3.30. The maximum Gasteiger partial charge on any atom is 0.306 e. The fraction of sp³-hybridized carbons (Fsp3) is 0.625. The molecule has 1 aliphatic rings. The number of rotatable bonds is 4. The summed E-state index contributed by atoms with van der Waals surface area (Å²) >= 11 is 0. The molecule has 0 radical (unpaired) electrons. The quantitative estimate of drug-likeness (QED) is 0.918. The molecule has 1 N–H and O–H groups in total. The summed E-state index contributed by atoms with van der Waals surface area (Å²) in [4.78, 5) is 15.9. The van der Waals surface area contributed by atoms with E-state index in [0.29, 0.717) is 0 Å². The number of methoxy groups -OCH3 is 1. The molecule has 0 saturated heterocycles. The minimum Gasteiger partial charge on any atom is -0.496 e. The Bertz CT molecular complexity index is 499. The summed E-state index contributed by atoms with van der Waals surface area (Å²) in [6.45, 7) is 3.98. The second kappa shape index (κ2) is 6.25. The third-order valence-electron chi connectivity index (χ3n) is 4.43. The molecule has 4 nitrogen and oxygen atoms in total. The van der Waals surface area contributed by atoms with E-state index >= 15 is 0 Å². The van der Waals surface area contributed by atoms with Crippen LogP contribution in [0.5, 0.6) is 5.75 Å². The zero-order chi connectivity index (χ0) is 14.7. The standard InChI is InChI=1S/C16H23NO3/c1-10-9-17-14(11(2)15(10)20-3)8-12-6-4-5-7-13(12)16(18)19/h9,12-13H,4-8H2,1-3H3,(H,18,19). The van der Waals surface area contributed by atoms with Gasteiger partial charge in [-0.15, -0.1) is 0 Å². The van der Waals surface area contributed by atoms with Crippen LogP contribution in [0.1, 0.15) is 42.5 Å². The van der Waals surface area contributed by atoms with Crippen LogP contribution >= 0.6 is 0 Å². The van der Waals surface area contributed by atoms with Crippen LogP contribution in [0.3, 0.4) is 0 Å². The van der Waals surface area contributed by atoms with Gasteiger partial charge in [0, 0.05) is 23.0 Å². The van der Waals surface area contributed by atoms with E-state index in [9.17, 15) is 9.90 Å². The predicted molar refractivity (Wildman–Crippen MR) is 77.1 cm³/mol. The molecule has 1 aromatic rings. The van der Waals surface area contributed by atoms with Gasteiger partial charge in [-0.05, 0) is 39.0 Å². The number of carbonyl (C=O) groups is 1. The molecule has 0 spiro atoms. The molecule has 2 unspecified atom stereocenters. The maximum atomic E-state index is 11.4. The third kappa shape index (κ3) is 2.94. The largest absolute Gasteiger partial charge is 0.496 e. The lowest BCUT2D eigenvalue weighted by Gasteiger charge is -2.28. The fourth-order valence-corrected chi connectivity index (χ4v) is 3.30. The highest BCUT2D eigenvalue weighted by atomic mass is 16.5. The first-order chi connectivity index (χ1) is 9.54. The number of hydrogen-bond donors (Lipinski definition) is 1. The van der Waals surface area contributed by atoms with Crippen molar-refractivity contribution in [3.8, 4) is 5.75 Å². The molecular formula is C16H23NO3. The van der Waals surface area contributed by atoms with Gasteiger partial charge < -0.3 is 9.84 Å². The minimum atomic E-state index is -0.661. The molecule has 4 heteroatoms. The molecule has 0 aromatic carbocycles. The number of aromatic nitrogens is 1. The van der Waals surface area contributed by atoms with Crippen molar-refractivity contribution in [2.45, 2.75) is 46.0 Å². The second-order valence-corrected chi connectivity index (χ2v) is 5.74. The lowest BCUT2D eigenvalue weighted by molar-refractivity contribution is -0.144. The van der Waals surface area contributed by atoms with E-state index in [0.717, 1.165) is 54.7 Å². The topological polar surface area (TPSA) is 59.4 Å². The van der Waals surface area contributed by atoms with Gasteiger partial charge in [0.1, 0.15) is 5.75 Å². The predicted octanol–water partition coefficient (Wildman–Crippen LogP) is 3.14. The van der Waals surface area contributed by atoms with Crippen LogP contribution in [0.4, 0.5) is 0 Å². The van der Waals surface area contributed by atoms with Gasteiger partial charge in [-0.2, -0.15) is 0 Å². The van der Waals surface area contributed by atoms with E-state index in [4.69, 9.17) is 4.74 Å². The van der Waals surface area contributed by atoms with Crippen molar-refractivity contribution in [2.75, 3.05) is 7.11 Å². The molecule has 2 rings (SSSR count). The third-order valence-corrected chi connectivity index (χ3v) is 4.43. The van der Waals surface area contributed by atoms with Gasteiger partial charge in [-0.1, -0.05) is 12.8 Å². The zero-order valence-corrected chi connectivity index (χ0v) is 12.5. The number of pyridine rings is 1. The molecule has 1 aliphatic carbocycles. The van der Waals surface area contributed by atoms with Gasteiger partial charge in [0.15, 0.2) is 0 Å². The Morgan fingerprint density at radius 3 is 2.75 bits per heavy atom. The van der Waals surface area contributed by atoms with Gasteiger partial charge in [-0.25, -0.2) is 0 Å². The lowest BCUT2D eigenvalue weighted by Crippen LogP contribution is -2.28. The van der Waals surface area contributed by atoms with Gasteiger partial charge >= 0.3 is 5.97 Å². The smallest absolute Gasteiger partial charge is 0.306 e. The van der Waals surface area contributed by atoms with Crippen LogP contribution in [0.25, 0.3) is 0 Å². The highest BCUT2D eigenvalue weighted by molar-refractivity contribution is 5.70. The first-order valence-corrected chi connectivity index (χ1v) is 7.26. The Balaban J connectivity index is 2.22. The zero-order valence-electron chi connectivity index (χ0n) is 12.5. The van der Waals surface area contributed by atoms with Crippen molar-refractivity contribution < 1.29 is 14.6 Å². The summed E-state index contributed by atoms with van der Waals surface area (Å²) in [5.41, 5.74) is 3.04. The van der Waals surface area contributed by atoms with Crippen molar-refractivity contribution in [1.82, 2.24) is 4.98 Å². The summed E-state index contributed by atoms with van der Waals surface area (Å²) in [5, 5.41) is 9.36. The summed E-state index contributed by atoms with van der Waals surface area (Å²) < 4.78 is 5.42. The van der Waals surface area contributed by atoms with Crippen molar-refractivity contribution in [1.29, 1.82) is 0 Å². The SMILES string of the molecule is COc1c(C)cnc(CC2CCCCC2C(=O)O)c1C. The van der Waals surface area contributed by atoms with Crippen LogP contribution in [0.2, 0.25) is 0 Å². The van der Waals surface area contributed by atoms with Crippen molar-refractivity contribution >= 4 is 5.97 Å². The summed E-state index contributed by atoms with van der Waals surface area (Å²) in [7, 11) is 1.67. The number of carboxylic acids is 1. The first kappa shape index (κ1) is 14.8. The molecule has 1 aromatic heterocycles. The molecule has 1 heterocycles. The number of aryl methyl sites for hydroxylation is 1. The van der Waals surface area contributed by atoms with Crippen LogP contribution in [0.15, 0.2) is 6.20 Å². The molecular weight excluding hydrogens is 254 g/mol. The number of ether oxygens (including phenoxy) is 1. The Kier molecular flexibility index (Phi) is 4.63. The maximum absolute atomic E-state index is 11.4. The van der Waals surface area contributed by atoms with E-state index in [1.807, 2.05) is 20.0 Å². The summed E-state index contributed by atoms with van der Waals surface area (Å²) in [6.07, 6.45) is 6.48. The van der Waals surface area contributed by atoms with Crippen LogP contribution < -0.4 is 4.74 Å². The number of nitrogens with zero attached hydrogens (tertiary/aromatic N) is 1. The van der Waals surface area contributed by atoms with Gasteiger partial charge in [0.25, 0.3) is 0 Å². The van der Waals surface area contributed by atoms with Gasteiger partial charge in [-0.3, -0.25) is 9.78 Å². The number of carboxylic acid groups (broad SMARTS) is 1. The Morgan fingerprint density at radius 1 is 1.40 bits per heavy atom. The average molecular weight is 277 g/mol. The van der Waals surface area contributed by atoms with Crippen LogP contribution in [-0.2, 0) is 11.2 Å². The summed E-state index contributed by atoms with van der Waals surface area (Å²) in [5.74, 6) is 0.182. The first-order valence-electron chi connectivity index (χ1n) is 7.26. The number of aliphatic carboxylic acids is 1. The van der Waals surface area contributed by atoms with Crippen LogP contribution in [0, 0.1) is 25.7 Å². The van der Waals surface area contributed by atoms with E-state index in [2.05, 4.69) is 4.98 Å². The van der Waals surface area contributed by atoms with Crippen molar-refractivity contribution in [3.05, 3.63) is 23.0 Å². The van der Waals surface area contributed by atoms with E-state index in [1.165, 1.54) is 0 Å². The highest BCUT2D eigenvalue weighted by Crippen LogP contribution is 2.34. The number of hydrogen-bond acceptors (Lipinski definition) is 3. The molecule has 0 amide bonds. The van der Waals surface area contributed by atoms with Crippen molar-refractivity contribution in [2.24, 2.45) is 11.8 Å². The lowest BCUT2D eigenvalue weighted by atomic mass is 9.76. The highest BCUT2D eigenvalue weighted by Gasteiger charge is 2.31. The second-order valence-electron chi connectivity index (χ2n) is 5.74. The molecule has 2 atom stereocenters. The molecule has 20 heavy (non-hydrogen) atoms. The Morgan fingerprint density at radius 2 is 2.10 bits per heavy atom. The molecule has 1 saturated carbocycles. The molecule has 110 valence electrons. The monoisotopic (exact) mass is 277 g/mol. The summed E-state index contributed by atoms with van der Waals surface area (Å²) in [6, 6.07) is 0. The van der Waals surface area contributed by atoms with Crippen LogP contribution in [-0.4, -0.2) is 23.2 Å². The minimum absolute atomic E-state index is 0.194. The average Bonchev–Trinajstić information content (AvgIpc) is 2.43. The van der Waals surface area contributed by atoms with E-state index in [1.54, 1.807) is 7.11 Å². The normalized spacial score (nSPS) is 22.6. The Hall–Kier alpha value is -1.58. The molecule has 0 aliphatic heterocycles. The Labute approximate surface area is 120 Å².